The molecule has 1 amide bonds. The van der Waals surface area contributed by atoms with Crippen LogP contribution >= 0.6 is 23.2 Å². The van der Waals surface area contributed by atoms with Crippen LogP contribution in [0.4, 0.5) is 0 Å². The van der Waals surface area contributed by atoms with Crippen LogP contribution in [0.25, 0.3) is 0 Å². The van der Waals surface area contributed by atoms with E-state index in [9.17, 15) is 4.79 Å². The van der Waals surface area contributed by atoms with Crippen LogP contribution in [0.5, 0.6) is 11.5 Å². The van der Waals surface area contributed by atoms with Crippen molar-refractivity contribution in [1.82, 2.24) is 10.3 Å². The summed E-state index contributed by atoms with van der Waals surface area (Å²) in [4.78, 5) is 14.0. The molecule has 1 fully saturated rings. The molecule has 0 spiro atoms. The van der Waals surface area contributed by atoms with Gasteiger partial charge in [0.1, 0.15) is 6.61 Å². The average molecular weight is 452 g/mol. The number of methoxy groups -OCH3 is 1. The maximum Gasteiger partial charge on any atom is 0.254 e. The Hall–Kier alpha value is -2.32. The van der Waals surface area contributed by atoms with Crippen molar-refractivity contribution in [3.8, 4) is 11.5 Å². The maximum absolute atomic E-state index is 12.0. The first-order chi connectivity index (χ1) is 14.6. The van der Waals surface area contributed by atoms with Gasteiger partial charge in [-0.2, -0.15) is 5.10 Å². The van der Waals surface area contributed by atoms with Gasteiger partial charge in [-0.3, -0.25) is 9.69 Å². The van der Waals surface area contributed by atoms with E-state index in [0.717, 1.165) is 18.7 Å². The fourth-order valence-electron chi connectivity index (χ4n) is 2.90. The Morgan fingerprint density at radius 1 is 1.23 bits per heavy atom. The molecule has 2 aromatic carbocycles. The molecule has 1 aliphatic heterocycles. The molecule has 30 heavy (non-hydrogen) atoms. The largest absolute Gasteiger partial charge is 0.493 e. The first-order valence-corrected chi connectivity index (χ1v) is 10.2. The van der Waals surface area contributed by atoms with Gasteiger partial charge in [0.25, 0.3) is 5.91 Å². The lowest BCUT2D eigenvalue weighted by Gasteiger charge is -2.25. The van der Waals surface area contributed by atoms with Crippen LogP contribution in [0.1, 0.15) is 11.1 Å². The smallest absolute Gasteiger partial charge is 0.254 e. The Morgan fingerprint density at radius 3 is 2.73 bits per heavy atom. The van der Waals surface area contributed by atoms with Crippen LogP contribution in [-0.2, 0) is 16.1 Å². The molecule has 3 rings (SSSR count). The van der Waals surface area contributed by atoms with E-state index >= 15 is 0 Å². The number of benzene rings is 2. The molecule has 9 heteroatoms. The standard InChI is InChI=1S/C21H23Cl2N3O4/c1-28-19-11-15(12-24-25-20(27)13-26-6-8-29-9-7-26)10-18(23)21(19)30-14-16-4-2-3-5-17(16)22/h2-5,10-12H,6-9,13-14H2,1H3,(H,25,27)/b24-12+. The SMILES string of the molecule is COc1cc(/C=N/NC(=O)CN2CCOCC2)cc(Cl)c1OCc1ccccc1Cl. The molecular weight excluding hydrogens is 429 g/mol. The average Bonchev–Trinajstić information content (AvgIpc) is 2.74. The lowest BCUT2D eigenvalue weighted by atomic mass is 10.2. The van der Waals surface area contributed by atoms with E-state index in [1.165, 1.54) is 13.3 Å². The Labute approximate surface area is 185 Å². The number of nitrogens with zero attached hydrogens (tertiary/aromatic N) is 2. The van der Waals surface area contributed by atoms with Gasteiger partial charge < -0.3 is 14.2 Å². The van der Waals surface area contributed by atoms with Crippen LogP contribution < -0.4 is 14.9 Å². The highest BCUT2D eigenvalue weighted by molar-refractivity contribution is 6.32. The summed E-state index contributed by atoms with van der Waals surface area (Å²) in [6.07, 6.45) is 1.50. The molecule has 0 aliphatic carbocycles. The van der Waals surface area contributed by atoms with Crippen LogP contribution in [0.3, 0.4) is 0 Å². The van der Waals surface area contributed by atoms with Gasteiger partial charge in [0.2, 0.25) is 0 Å². The van der Waals surface area contributed by atoms with Crippen molar-refractivity contribution in [3.63, 3.8) is 0 Å². The van der Waals surface area contributed by atoms with Crippen LogP contribution in [0.15, 0.2) is 41.5 Å². The molecule has 1 aliphatic rings. The summed E-state index contributed by atoms with van der Waals surface area (Å²) in [5.74, 6) is 0.675. The van der Waals surface area contributed by atoms with Gasteiger partial charge in [0.15, 0.2) is 11.5 Å². The van der Waals surface area contributed by atoms with Gasteiger partial charge >= 0.3 is 0 Å². The summed E-state index contributed by atoms with van der Waals surface area (Å²) in [5.41, 5.74) is 4.02. The number of rotatable bonds is 8. The first kappa shape index (κ1) is 22.4. The van der Waals surface area contributed by atoms with Crippen LogP contribution in [0, 0.1) is 0 Å². The molecule has 160 valence electrons. The molecule has 0 radical (unpaired) electrons. The normalized spacial score (nSPS) is 14.6. The minimum atomic E-state index is -0.189. The predicted molar refractivity (Wildman–Crippen MR) is 117 cm³/mol. The fraction of sp³-hybridized carbons (Fsp3) is 0.333. The van der Waals surface area contributed by atoms with Crippen molar-refractivity contribution in [1.29, 1.82) is 0 Å². The molecule has 1 N–H and O–H groups in total. The molecule has 2 aromatic rings. The number of hydrogen-bond donors (Lipinski definition) is 1. The summed E-state index contributed by atoms with van der Waals surface area (Å²) < 4.78 is 16.5. The number of hydrogen-bond acceptors (Lipinski definition) is 6. The van der Waals surface area contributed by atoms with Gasteiger partial charge in [0.05, 0.1) is 38.1 Å². The molecule has 0 bridgehead atoms. The van der Waals surface area contributed by atoms with E-state index in [1.807, 2.05) is 23.1 Å². The summed E-state index contributed by atoms with van der Waals surface area (Å²) in [6.45, 7) is 3.28. The number of ether oxygens (including phenoxy) is 3. The number of carbonyl (C=O) groups excluding carboxylic acids is 1. The molecule has 0 unspecified atom stereocenters. The quantitative estimate of drug-likeness (QED) is 0.491. The van der Waals surface area contributed by atoms with E-state index < -0.39 is 0 Å². The number of halogens is 2. The maximum atomic E-state index is 12.0. The highest BCUT2D eigenvalue weighted by Gasteiger charge is 2.14. The summed E-state index contributed by atoms with van der Waals surface area (Å²) >= 11 is 12.6. The summed E-state index contributed by atoms with van der Waals surface area (Å²) in [6, 6.07) is 10.8. The van der Waals surface area contributed by atoms with Gasteiger partial charge in [-0.15, -0.1) is 0 Å². The summed E-state index contributed by atoms with van der Waals surface area (Å²) in [7, 11) is 1.53. The van der Waals surface area contributed by atoms with Crippen molar-refractivity contribution in [2.45, 2.75) is 6.61 Å². The molecule has 1 saturated heterocycles. The topological polar surface area (TPSA) is 72.4 Å². The Kier molecular flexibility index (Phi) is 8.33. The molecular formula is C21H23Cl2N3O4. The molecule has 0 aromatic heterocycles. The third-order valence-corrected chi connectivity index (χ3v) is 5.10. The molecule has 1 heterocycles. The van der Waals surface area contributed by atoms with E-state index in [2.05, 4.69) is 10.5 Å². The van der Waals surface area contributed by atoms with Crippen molar-refractivity contribution >= 4 is 35.3 Å². The molecule has 7 nitrogen and oxygen atoms in total. The fourth-order valence-corrected chi connectivity index (χ4v) is 3.36. The number of carbonyl (C=O) groups is 1. The Morgan fingerprint density at radius 2 is 2.00 bits per heavy atom. The first-order valence-electron chi connectivity index (χ1n) is 9.42. The number of hydrazone groups is 1. The zero-order valence-corrected chi connectivity index (χ0v) is 18.1. The zero-order chi connectivity index (χ0) is 21.3. The minimum absolute atomic E-state index is 0.189. The van der Waals surface area contributed by atoms with Gasteiger partial charge in [0, 0.05) is 23.7 Å². The lowest BCUT2D eigenvalue weighted by molar-refractivity contribution is -0.123. The minimum Gasteiger partial charge on any atom is -0.493 e. The third-order valence-electron chi connectivity index (χ3n) is 4.46. The van der Waals surface area contributed by atoms with E-state index in [0.29, 0.717) is 40.3 Å². The second-order valence-electron chi connectivity index (χ2n) is 6.60. The number of morpholine rings is 1. The van der Waals surface area contributed by atoms with Crippen molar-refractivity contribution in [2.75, 3.05) is 40.0 Å². The predicted octanol–water partition coefficient (Wildman–Crippen LogP) is 3.36. The highest BCUT2D eigenvalue weighted by Crippen LogP contribution is 2.37. The Balaban J connectivity index is 1.60. The number of nitrogens with one attached hydrogen (secondary N) is 1. The van der Waals surface area contributed by atoms with Gasteiger partial charge in [-0.1, -0.05) is 41.4 Å². The third kappa shape index (κ3) is 6.34. The van der Waals surface area contributed by atoms with Crippen molar-refractivity contribution < 1.29 is 19.0 Å². The van der Waals surface area contributed by atoms with E-state index in [1.54, 1.807) is 18.2 Å². The summed E-state index contributed by atoms with van der Waals surface area (Å²) in [5, 5.41) is 4.98. The van der Waals surface area contributed by atoms with Crippen LogP contribution in [0.2, 0.25) is 10.0 Å². The highest BCUT2D eigenvalue weighted by atomic mass is 35.5. The lowest BCUT2D eigenvalue weighted by Crippen LogP contribution is -2.42. The van der Waals surface area contributed by atoms with Gasteiger partial charge in [-0.25, -0.2) is 5.43 Å². The van der Waals surface area contributed by atoms with Crippen molar-refractivity contribution in [3.05, 3.63) is 57.6 Å². The number of amides is 1. The second kappa shape index (κ2) is 11.2. The molecule has 0 atom stereocenters. The zero-order valence-electron chi connectivity index (χ0n) is 16.6. The molecule has 0 saturated carbocycles. The van der Waals surface area contributed by atoms with Gasteiger partial charge in [-0.05, 0) is 23.8 Å². The van der Waals surface area contributed by atoms with E-state index in [4.69, 9.17) is 37.4 Å². The second-order valence-corrected chi connectivity index (χ2v) is 7.41. The van der Waals surface area contributed by atoms with Crippen molar-refractivity contribution in [2.24, 2.45) is 5.10 Å². The Bertz CT molecular complexity index is 902. The van der Waals surface area contributed by atoms with E-state index in [-0.39, 0.29) is 19.1 Å². The van der Waals surface area contributed by atoms with Crippen LogP contribution in [-0.4, -0.2) is 57.0 Å². The monoisotopic (exact) mass is 451 g/mol.